The first-order chi connectivity index (χ1) is 14.8. The largest absolute Gasteiger partial charge is 0.0654 e. The summed E-state index contributed by atoms with van der Waals surface area (Å²) in [5.74, 6) is 1.41. The predicted octanol–water partition coefficient (Wildman–Crippen LogP) is 10.1. The second kappa shape index (κ2) is 16.2. The van der Waals surface area contributed by atoms with E-state index < -0.39 is 0 Å². The number of benzene rings is 2. The molecule has 0 fully saturated rings. The molecule has 2 unspecified atom stereocenters. The van der Waals surface area contributed by atoms with Crippen molar-refractivity contribution in [2.24, 2.45) is 0 Å². The van der Waals surface area contributed by atoms with Crippen molar-refractivity contribution in [1.82, 2.24) is 0 Å². The van der Waals surface area contributed by atoms with Crippen LogP contribution in [-0.4, -0.2) is 0 Å². The Bertz CT molecular complexity index is 615. The fraction of sp³-hybridized carbons (Fsp3) is 0.600. The van der Waals surface area contributed by atoms with E-state index in [4.69, 9.17) is 0 Å². The van der Waals surface area contributed by atoms with Crippen LogP contribution >= 0.6 is 0 Å². The molecule has 0 aliphatic rings. The highest BCUT2D eigenvalue weighted by molar-refractivity contribution is 5.20. The van der Waals surface area contributed by atoms with Crippen molar-refractivity contribution in [2.45, 2.75) is 116 Å². The van der Waals surface area contributed by atoms with Crippen LogP contribution in [0.25, 0.3) is 0 Å². The summed E-state index contributed by atoms with van der Waals surface area (Å²) in [4.78, 5) is 0. The van der Waals surface area contributed by atoms with Crippen LogP contribution in [-0.2, 0) is 0 Å². The van der Waals surface area contributed by atoms with Gasteiger partial charge in [-0.05, 0) is 42.2 Å². The van der Waals surface area contributed by atoms with Gasteiger partial charge < -0.3 is 0 Å². The fourth-order valence-corrected chi connectivity index (χ4v) is 4.70. The summed E-state index contributed by atoms with van der Waals surface area (Å²) in [6, 6.07) is 22.3. The normalized spacial score (nSPS) is 13.3. The zero-order valence-electron chi connectivity index (χ0n) is 19.8. The molecule has 2 atom stereocenters. The van der Waals surface area contributed by atoms with Gasteiger partial charge in [0.05, 0.1) is 0 Å². The molecule has 0 nitrogen and oxygen atoms in total. The molecule has 0 aliphatic carbocycles. The molecular weight excluding hydrogens is 360 g/mol. The summed E-state index contributed by atoms with van der Waals surface area (Å²) in [5, 5.41) is 0. The Labute approximate surface area is 187 Å². The van der Waals surface area contributed by atoms with Gasteiger partial charge >= 0.3 is 0 Å². The van der Waals surface area contributed by atoms with Gasteiger partial charge in [-0.2, -0.15) is 0 Å². The highest BCUT2D eigenvalue weighted by atomic mass is 14.2. The Morgan fingerprint density at radius 3 is 1.53 bits per heavy atom. The SMILES string of the molecule is CCCCCCCCCCCCC(CCCC(C)c1ccccc1)c1ccccc1. The van der Waals surface area contributed by atoms with E-state index in [1.807, 2.05) is 0 Å². The molecule has 0 N–H and O–H groups in total. The second-order valence-electron chi connectivity index (χ2n) is 9.32. The zero-order chi connectivity index (χ0) is 21.3. The minimum Gasteiger partial charge on any atom is -0.0654 e. The minimum absolute atomic E-state index is 0.667. The van der Waals surface area contributed by atoms with E-state index >= 15 is 0 Å². The summed E-state index contributed by atoms with van der Waals surface area (Å²) < 4.78 is 0. The molecule has 0 heterocycles. The molecule has 0 saturated carbocycles. The van der Waals surface area contributed by atoms with Crippen LogP contribution in [0.1, 0.15) is 127 Å². The molecule has 2 aromatic carbocycles. The van der Waals surface area contributed by atoms with Gasteiger partial charge in [-0.3, -0.25) is 0 Å². The minimum atomic E-state index is 0.667. The van der Waals surface area contributed by atoms with Gasteiger partial charge in [0.1, 0.15) is 0 Å². The van der Waals surface area contributed by atoms with Gasteiger partial charge in [0.25, 0.3) is 0 Å². The standard InChI is InChI=1S/C30H46/c1-3-4-5-6-7-8-9-10-11-14-23-30(29-24-17-13-18-25-29)26-19-20-27(2)28-21-15-12-16-22-28/h12-13,15-18,21-22,24-25,27,30H,3-11,14,19-20,23,26H2,1-2H3. The molecule has 0 bridgehead atoms. The third-order valence-electron chi connectivity index (χ3n) is 6.74. The van der Waals surface area contributed by atoms with Crippen LogP contribution in [0.2, 0.25) is 0 Å². The molecule has 0 spiro atoms. The molecule has 0 amide bonds. The molecule has 0 aromatic heterocycles. The quantitative estimate of drug-likeness (QED) is 0.229. The van der Waals surface area contributed by atoms with E-state index in [1.54, 1.807) is 5.56 Å². The first kappa shape index (κ1) is 24.7. The Balaban J connectivity index is 1.66. The van der Waals surface area contributed by atoms with Crippen LogP contribution < -0.4 is 0 Å². The molecule has 166 valence electrons. The average Bonchev–Trinajstić information content (AvgIpc) is 2.80. The lowest BCUT2D eigenvalue weighted by atomic mass is 9.86. The summed E-state index contributed by atoms with van der Waals surface area (Å²) in [6.45, 7) is 4.68. The van der Waals surface area contributed by atoms with Gasteiger partial charge in [-0.1, -0.05) is 145 Å². The van der Waals surface area contributed by atoms with Crippen LogP contribution in [0.5, 0.6) is 0 Å². The topological polar surface area (TPSA) is 0 Å². The molecule has 0 heteroatoms. The van der Waals surface area contributed by atoms with Crippen molar-refractivity contribution in [1.29, 1.82) is 0 Å². The molecular formula is C30H46. The van der Waals surface area contributed by atoms with Gasteiger partial charge in [0, 0.05) is 0 Å². The lowest BCUT2D eigenvalue weighted by molar-refractivity contribution is 0.482. The summed E-state index contributed by atoms with van der Waals surface area (Å²) in [5.41, 5.74) is 3.05. The Hall–Kier alpha value is -1.56. The van der Waals surface area contributed by atoms with Gasteiger partial charge in [0.2, 0.25) is 0 Å². The smallest absolute Gasteiger partial charge is 0.0162 e. The van der Waals surface area contributed by atoms with E-state index in [-0.39, 0.29) is 0 Å². The van der Waals surface area contributed by atoms with Crippen LogP contribution in [0.15, 0.2) is 60.7 Å². The Morgan fingerprint density at radius 2 is 0.967 bits per heavy atom. The summed E-state index contributed by atoms with van der Waals surface area (Å²) in [6.07, 6.45) is 19.6. The van der Waals surface area contributed by atoms with E-state index in [2.05, 4.69) is 74.5 Å². The van der Waals surface area contributed by atoms with E-state index in [0.29, 0.717) is 5.92 Å². The third kappa shape index (κ3) is 10.5. The number of hydrogen-bond donors (Lipinski definition) is 0. The molecule has 0 radical (unpaired) electrons. The van der Waals surface area contributed by atoms with Crippen LogP contribution in [0, 0.1) is 0 Å². The monoisotopic (exact) mass is 406 g/mol. The molecule has 0 saturated heterocycles. The summed E-state index contributed by atoms with van der Waals surface area (Å²) in [7, 11) is 0. The number of hydrogen-bond acceptors (Lipinski definition) is 0. The van der Waals surface area contributed by atoms with Crippen molar-refractivity contribution >= 4 is 0 Å². The van der Waals surface area contributed by atoms with E-state index in [0.717, 1.165) is 5.92 Å². The Morgan fingerprint density at radius 1 is 0.500 bits per heavy atom. The molecule has 30 heavy (non-hydrogen) atoms. The lowest BCUT2D eigenvalue weighted by Gasteiger charge is -2.19. The maximum Gasteiger partial charge on any atom is -0.0162 e. The highest BCUT2D eigenvalue weighted by Crippen LogP contribution is 2.30. The van der Waals surface area contributed by atoms with Gasteiger partial charge in [0.15, 0.2) is 0 Å². The average molecular weight is 407 g/mol. The maximum absolute atomic E-state index is 2.38. The van der Waals surface area contributed by atoms with Crippen molar-refractivity contribution in [3.8, 4) is 0 Å². The van der Waals surface area contributed by atoms with E-state index in [1.165, 1.54) is 95.5 Å². The van der Waals surface area contributed by atoms with Crippen molar-refractivity contribution in [3.05, 3.63) is 71.8 Å². The summed E-state index contributed by atoms with van der Waals surface area (Å²) >= 11 is 0. The maximum atomic E-state index is 2.38. The highest BCUT2D eigenvalue weighted by Gasteiger charge is 2.12. The second-order valence-corrected chi connectivity index (χ2v) is 9.32. The van der Waals surface area contributed by atoms with Crippen LogP contribution in [0.3, 0.4) is 0 Å². The molecule has 2 rings (SSSR count). The van der Waals surface area contributed by atoms with Crippen molar-refractivity contribution in [2.75, 3.05) is 0 Å². The lowest BCUT2D eigenvalue weighted by Crippen LogP contribution is -2.01. The molecule has 2 aromatic rings. The predicted molar refractivity (Wildman–Crippen MR) is 134 cm³/mol. The van der Waals surface area contributed by atoms with Crippen molar-refractivity contribution in [3.63, 3.8) is 0 Å². The number of rotatable bonds is 17. The zero-order valence-corrected chi connectivity index (χ0v) is 19.8. The van der Waals surface area contributed by atoms with Gasteiger partial charge in [-0.15, -0.1) is 0 Å². The molecule has 0 aliphatic heterocycles. The first-order valence-corrected chi connectivity index (χ1v) is 12.9. The first-order valence-electron chi connectivity index (χ1n) is 12.9. The van der Waals surface area contributed by atoms with E-state index in [9.17, 15) is 0 Å². The van der Waals surface area contributed by atoms with Gasteiger partial charge in [-0.25, -0.2) is 0 Å². The fourth-order valence-electron chi connectivity index (χ4n) is 4.70. The van der Waals surface area contributed by atoms with Crippen LogP contribution in [0.4, 0.5) is 0 Å². The van der Waals surface area contributed by atoms with Crippen molar-refractivity contribution < 1.29 is 0 Å². The Kier molecular flexibility index (Phi) is 13.3. The number of unbranched alkanes of at least 4 members (excludes halogenated alkanes) is 9. The third-order valence-corrected chi connectivity index (χ3v) is 6.74.